The van der Waals surface area contributed by atoms with Crippen molar-refractivity contribution in [3.63, 3.8) is 0 Å². The SMILES string of the molecule is COCC1(c2noc(-c3ccnc4nc(CC5CC5)[nH]c34)n2)CC1. The quantitative estimate of drug-likeness (QED) is 0.749. The summed E-state index contributed by atoms with van der Waals surface area (Å²) in [6, 6.07) is 1.90. The summed E-state index contributed by atoms with van der Waals surface area (Å²) in [4.78, 5) is 17.0. The zero-order valence-corrected chi connectivity index (χ0v) is 13.6. The van der Waals surface area contributed by atoms with E-state index in [0.717, 1.165) is 47.9 Å². The second-order valence-corrected chi connectivity index (χ2v) is 7.02. The fraction of sp³-hybridized carbons (Fsp3) is 0.529. The van der Waals surface area contributed by atoms with Crippen molar-refractivity contribution in [2.75, 3.05) is 13.7 Å². The lowest BCUT2D eigenvalue weighted by atomic mass is 10.1. The van der Waals surface area contributed by atoms with E-state index in [4.69, 9.17) is 9.26 Å². The Balaban J connectivity index is 1.52. The Morgan fingerprint density at radius 2 is 2.21 bits per heavy atom. The number of hydrogen-bond acceptors (Lipinski definition) is 6. The Morgan fingerprint density at radius 3 is 2.96 bits per heavy atom. The molecule has 2 aliphatic rings. The van der Waals surface area contributed by atoms with Gasteiger partial charge in [0.2, 0.25) is 0 Å². The van der Waals surface area contributed by atoms with E-state index in [2.05, 4.69) is 25.1 Å². The van der Waals surface area contributed by atoms with Crippen LogP contribution in [0.15, 0.2) is 16.8 Å². The van der Waals surface area contributed by atoms with E-state index < -0.39 is 0 Å². The second-order valence-electron chi connectivity index (χ2n) is 7.02. The van der Waals surface area contributed by atoms with Gasteiger partial charge in [-0.3, -0.25) is 0 Å². The minimum Gasteiger partial charge on any atom is -0.384 e. The minimum absolute atomic E-state index is 0.0617. The number of pyridine rings is 1. The van der Waals surface area contributed by atoms with Crippen LogP contribution >= 0.6 is 0 Å². The lowest BCUT2D eigenvalue weighted by Gasteiger charge is -2.07. The molecule has 3 aromatic rings. The maximum atomic E-state index is 5.54. The molecule has 0 aromatic carbocycles. The summed E-state index contributed by atoms with van der Waals surface area (Å²) >= 11 is 0. The molecule has 5 rings (SSSR count). The largest absolute Gasteiger partial charge is 0.384 e. The Labute approximate surface area is 138 Å². The highest BCUT2D eigenvalue weighted by Gasteiger charge is 2.48. The summed E-state index contributed by atoms with van der Waals surface area (Å²) in [5.41, 5.74) is 2.38. The smallest absolute Gasteiger partial charge is 0.260 e. The van der Waals surface area contributed by atoms with Crippen molar-refractivity contribution >= 4 is 11.2 Å². The molecule has 0 atom stereocenters. The van der Waals surface area contributed by atoms with E-state index in [0.29, 0.717) is 18.1 Å². The van der Waals surface area contributed by atoms with Gasteiger partial charge in [0.1, 0.15) is 5.82 Å². The molecule has 2 saturated carbocycles. The second kappa shape index (κ2) is 5.11. The van der Waals surface area contributed by atoms with Gasteiger partial charge in [0.05, 0.1) is 23.1 Å². The van der Waals surface area contributed by atoms with Crippen LogP contribution in [0.4, 0.5) is 0 Å². The number of methoxy groups -OCH3 is 1. The van der Waals surface area contributed by atoms with Crippen LogP contribution in [0.2, 0.25) is 0 Å². The van der Waals surface area contributed by atoms with E-state index >= 15 is 0 Å². The van der Waals surface area contributed by atoms with Crippen LogP contribution in [0, 0.1) is 5.92 Å². The number of aromatic nitrogens is 5. The van der Waals surface area contributed by atoms with Crippen LogP contribution in [0.1, 0.15) is 37.3 Å². The fourth-order valence-corrected chi connectivity index (χ4v) is 3.24. The van der Waals surface area contributed by atoms with Crippen LogP contribution in [-0.2, 0) is 16.6 Å². The normalized spacial score (nSPS) is 19.0. The predicted octanol–water partition coefficient (Wildman–Crippen LogP) is 2.64. The molecular weight excluding hydrogens is 306 g/mol. The first-order valence-corrected chi connectivity index (χ1v) is 8.44. The van der Waals surface area contributed by atoms with Gasteiger partial charge in [-0.1, -0.05) is 5.16 Å². The molecule has 0 bridgehead atoms. The molecule has 0 amide bonds. The molecule has 7 nitrogen and oxygen atoms in total. The van der Waals surface area contributed by atoms with Crippen molar-refractivity contribution in [1.29, 1.82) is 0 Å². The summed E-state index contributed by atoms with van der Waals surface area (Å²) in [5, 5.41) is 4.20. The summed E-state index contributed by atoms with van der Waals surface area (Å²) < 4.78 is 10.8. The van der Waals surface area contributed by atoms with Crippen molar-refractivity contribution in [2.24, 2.45) is 5.92 Å². The van der Waals surface area contributed by atoms with Crippen LogP contribution in [0.3, 0.4) is 0 Å². The zero-order chi connectivity index (χ0) is 16.1. The van der Waals surface area contributed by atoms with E-state index in [1.807, 2.05) is 6.07 Å². The number of fused-ring (bicyclic) bond motifs is 1. The van der Waals surface area contributed by atoms with Gasteiger partial charge in [-0.05, 0) is 37.7 Å². The predicted molar refractivity (Wildman–Crippen MR) is 86.4 cm³/mol. The number of hydrogen-bond donors (Lipinski definition) is 1. The van der Waals surface area contributed by atoms with Crippen molar-refractivity contribution in [3.8, 4) is 11.5 Å². The van der Waals surface area contributed by atoms with Crippen molar-refractivity contribution in [2.45, 2.75) is 37.5 Å². The summed E-state index contributed by atoms with van der Waals surface area (Å²) in [5.74, 6) is 3.02. The molecule has 124 valence electrons. The number of H-pyrrole nitrogens is 1. The van der Waals surface area contributed by atoms with Gasteiger partial charge in [-0.25, -0.2) is 9.97 Å². The maximum Gasteiger partial charge on any atom is 0.260 e. The first-order chi connectivity index (χ1) is 11.8. The third-order valence-corrected chi connectivity index (χ3v) is 5.03. The average molecular weight is 325 g/mol. The molecule has 0 radical (unpaired) electrons. The molecule has 0 aliphatic heterocycles. The number of nitrogens with zero attached hydrogens (tertiary/aromatic N) is 4. The van der Waals surface area contributed by atoms with Gasteiger partial charge in [-0.15, -0.1) is 0 Å². The Kier molecular flexibility index (Phi) is 3.00. The highest BCUT2D eigenvalue weighted by Crippen LogP contribution is 2.47. The third kappa shape index (κ3) is 2.31. The monoisotopic (exact) mass is 325 g/mol. The number of ether oxygens (including phenoxy) is 1. The summed E-state index contributed by atoms with van der Waals surface area (Å²) in [6.07, 6.45) is 7.41. The van der Waals surface area contributed by atoms with Gasteiger partial charge in [0, 0.05) is 19.7 Å². The summed E-state index contributed by atoms with van der Waals surface area (Å²) in [6.45, 7) is 0.632. The van der Waals surface area contributed by atoms with Gasteiger partial charge >= 0.3 is 0 Å². The van der Waals surface area contributed by atoms with Crippen LogP contribution in [-0.4, -0.2) is 38.8 Å². The van der Waals surface area contributed by atoms with E-state index in [1.54, 1.807) is 13.3 Å². The van der Waals surface area contributed by atoms with E-state index in [1.165, 1.54) is 12.8 Å². The highest BCUT2D eigenvalue weighted by molar-refractivity contribution is 5.86. The average Bonchev–Trinajstić information content (AvgIpc) is 3.46. The fourth-order valence-electron chi connectivity index (χ4n) is 3.24. The number of nitrogens with one attached hydrogen (secondary N) is 1. The van der Waals surface area contributed by atoms with Crippen LogP contribution in [0.5, 0.6) is 0 Å². The molecule has 2 aliphatic carbocycles. The van der Waals surface area contributed by atoms with Crippen LogP contribution < -0.4 is 0 Å². The molecule has 3 heterocycles. The molecule has 24 heavy (non-hydrogen) atoms. The van der Waals surface area contributed by atoms with Gasteiger partial charge in [0.15, 0.2) is 11.5 Å². The molecule has 0 saturated heterocycles. The standard InChI is InChI=1S/C17H19N5O2/c1-23-9-17(5-6-17)16-21-15(24-22-16)11-4-7-18-14-13(11)19-12(20-14)8-10-2-3-10/h4,7,10H,2-3,5-6,8-9H2,1H3,(H,18,19,20). The number of imidazole rings is 1. The van der Waals surface area contributed by atoms with E-state index in [9.17, 15) is 0 Å². The lowest BCUT2D eigenvalue weighted by Crippen LogP contribution is -2.15. The number of rotatable bonds is 6. The first kappa shape index (κ1) is 14.1. The molecule has 0 unspecified atom stereocenters. The first-order valence-electron chi connectivity index (χ1n) is 8.44. The van der Waals surface area contributed by atoms with Crippen LogP contribution in [0.25, 0.3) is 22.6 Å². The van der Waals surface area contributed by atoms with Crippen molar-refractivity contribution < 1.29 is 9.26 Å². The molecule has 3 aromatic heterocycles. The Bertz CT molecular complexity index is 891. The van der Waals surface area contributed by atoms with Crippen molar-refractivity contribution in [3.05, 3.63) is 23.9 Å². The van der Waals surface area contributed by atoms with E-state index in [-0.39, 0.29) is 5.41 Å². The highest BCUT2D eigenvalue weighted by atomic mass is 16.5. The van der Waals surface area contributed by atoms with Gasteiger partial charge in [0.25, 0.3) is 5.89 Å². The molecule has 0 spiro atoms. The minimum atomic E-state index is -0.0617. The Hall–Kier alpha value is -2.28. The molecule has 2 fully saturated rings. The zero-order valence-electron chi connectivity index (χ0n) is 13.6. The third-order valence-electron chi connectivity index (χ3n) is 5.03. The molecule has 7 heteroatoms. The number of aromatic amines is 1. The van der Waals surface area contributed by atoms with Gasteiger partial charge < -0.3 is 14.2 Å². The Morgan fingerprint density at radius 1 is 1.33 bits per heavy atom. The molecule has 1 N–H and O–H groups in total. The topological polar surface area (TPSA) is 89.7 Å². The van der Waals surface area contributed by atoms with Gasteiger partial charge in [-0.2, -0.15) is 4.98 Å². The summed E-state index contributed by atoms with van der Waals surface area (Å²) in [7, 11) is 1.71. The van der Waals surface area contributed by atoms with Crippen molar-refractivity contribution in [1.82, 2.24) is 25.1 Å². The maximum absolute atomic E-state index is 5.54. The lowest BCUT2D eigenvalue weighted by molar-refractivity contribution is 0.167. The molecular formula is C17H19N5O2.